The molecule has 4 unspecified atom stereocenters. The highest BCUT2D eigenvalue weighted by Gasteiger charge is 2.41. The van der Waals surface area contributed by atoms with Crippen molar-refractivity contribution < 1.29 is 28.4 Å². The second-order valence-electron chi connectivity index (χ2n) is 14.6. The molecule has 0 radical (unpaired) electrons. The molecule has 0 spiro atoms. The number of rotatable bonds is 31. The number of hydrogen-bond acceptors (Lipinski definition) is 5. The fourth-order valence-corrected chi connectivity index (χ4v) is 9.63. The van der Waals surface area contributed by atoms with Gasteiger partial charge < -0.3 is 23.6 Å². The number of hydrogen-bond donors (Lipinski definition) is 1. The third-order valence-electron chi connectivity index (χ3n) is 10.0. The van der Waals surface area contributed by atoms with Gasteiger partial charge in [-0.05, 0) is 19.5 Å². The molecule has 274 valence electrons. The summed E-state index contributed by atoms with van der Waals surface area (Å²) in [6.45, 7) is 9.58. The summed E-state index contributed by atoms with van der Waals surface area (Å²) in [7, 11) is -2.46. The molecule has 1 aliphatic heterocycles. The van der Waals surface area contributed by atoms with Gasteiger partial charge in [0.1, 0.15) is 39.7 Å². The van der Waals surface area contributed by atoms with E-state index < -0.39 is 7.14 Å². The van der Waals surface area contributed by atoms with E-state index in [9.17, 15) is 14.5 Å². The summed E-state index contributed by atoms with van der Waals surface area (Å²) in [6, 6.07) is 0. The number of alkyl halides is 1. The molecule has 0 aromatic rings. The third kappa shape index (κ3) is 22.8. The topological polar surface area (TPSA) is 72.8 Å². The van der Waals surface area contributed by atoms with E-state index in [-0.39, 0.29) is 29.9 Å². The molecular formula is C38H76BrNO5P+. The van der Waals surface area contributed by atoms with E-state index in [2.05, 4.69) is 29.8 Å². The maximum absolute atomic E-state index is 13.5. The molecule has 0 bridgehead atoms. The summed E-state index contributed by atoms with van der Waals surface area (Å²) in [5.74, 6) is 0.280. The van der Waals surface area contributed by atoms with Crippen LogP contribution in [0.5, 0.6) is 0 Å². The van der Waals surface area contributed by atoms with Crippen LogP contribution in [-0.2, 0) is 18.8 Å². The first-order valence-corrected chi connectivity index (χ1v) is 23.0. The van der Waals surface area contributed by atoms with Gasteiger partial charge in [0.15, 0.2) is 5.78 Å². The van der Waals surface area contributed by atoms with Gasteiger partial charge in [-0.3, -0.25) is 4.79 Å². The van der Waals surface area contributed by atoms with Crippen LogP contribution in [0, 0.1) is 0 Å². The van der Waals surface area contributed by atoms with Crippen molar-refractivity contribution in [3.05, 3.63) is 0 Å². The minimum atomic E-state index is -2.46. The number of unbranched alkanes of at least 4 members (excludes halogenated alkanes) is 20. The van der Waals surface area contributed by atoms with Crippen LogP contribution >= 0.6 is 23.1 Å². The summed E-state index contributed by atoms with van der Waals surface area (Å²) in [5.41, 5.74) is 0. The number of aliphatic hydroxyl groups is 1. The van der Waals surface area contributed by atoms with Crippen molar-refractivity contribution in [1.82, 2.24) is 0 Å². The molecule has 1 aliphatic rings. The summed E-state index contributed by atoms with van der Waals surface area (Å²) in [5, 5.41) is 10.0. The van der Waals surface area contributed by atoms with Crippen molar-refractivity contribution in [3.63, 3.8) is 0 Å². The lowest BCUT2D eigenvalue weighted by molar-refractivity contribution is -0.924. The zero-order valence-electron chi connectivity index (χ0n) is 30.6. The maximum atomic E-state index is 13.5. The van der Waals surface area contributed by atoms with Gasteiger partial charge in [0.25, 0.3) is 0 Å². The Morgan fingerprint density at radius 1 is 0.783 bits per heavy atom. The fourth-order valence-electron chi connectivity index (χ4n) is 7.01. The second-order valence-corrected chi connectivity index (χ2v) is 19.8. The minimum absolute atomic E-state index is 0.0323. The van der Waals surface area contributed by atoms with E-state index >= 15 is 0 Å². The van der Waals surface area contributed by atoms with E-state index in [1.165, 1.54) is 122 Å². The third-order valence-corrected chi connectivity index (χ3v) is 15.6. The molecule has 4 atom stereocenters. The SMILES string of the molecule is CCCCCCCCCCCCCCC(=O)C[N+]1(CCO)CCC(Br)P(C)(=O)CC(OCOCCCCCCCCCCCC)C1. The predicted molar refractivity (Wildman–Crippen MR) is 201 cm³/mol. The van der Waals surface area contributed by atoms with Crippen LogP contribution in [0.3, 0.4) is 0 Å². The summed E-state index contributed by atoms with van der Waals surface area (Å²) in [6.07, 6.45) is 29.9. The monoisotopic (exact) mass is 736 g/mol. The lowest BCUT2D eigenvalue weighted by atomic mass is 10.0. The van der Waals surface area contributed by atoms with Crippen LogP contribution < -0.4 is 0 Å². The van der Waals surface area contributed by atoms with Gasteiger partial charge in [-0.2, -0.15) is 0 Å². The Balaban J connectivity index is 2.41. The van der Waals surface area contributed by atoms with Crippen LogP contribution in [0.4, 0.5) is 0 Å². The van der Waals surface area contributed by atoms with E-state index in [1.807, 2.05) is 6.66 Å². The number of Topliss-reactive ketones (excluding diaryl/α,β-unsaturated/α-hetero) is 1. The first kappa shape index (κ1) is 44.2. The zero-order chi connectivity index (χ0) is 33.8. The van der Waals surface area contributed by atoms with Crippen molar-refractivity contribution in [2.75, 3.05) is 59.0 Å². The Hall–Kier alpha value is 0.220. The number of nitrogens with zero attached hydrogens (tertiary/aromatic N) is 1. The number of carbonyl (C=O) groups excluding carboxylic acids is 1. The summed E-state index contributed by atoms with van der Waals surface area (Å²) in [4.78, 5) is 13.2. The zero-order valence-corrected chi connectivity index (χ0v) is 33.1. The van der Waals surface area contributed by atoms with Crippen molar-refractivity contribution in [3.8, 4) is 0 Å². The molecule has 0 aromatic heterocycles. The molecule has 0 aromatic carbocycles. The Labute approximate surface area is 294 Å². The number of ketones is 1. The summed E-state index contributed by atoms with van der Waals surface area (Å²) >= 11 is 3.72. The molecule has 0 aliphatic carbocycles. The molecule has 8 heteroatoms. The average molecular weight is 738 g/mol. The van der Waals surface area contributed by atoms with Crippen LogP contribution in [-0.4, -0.2) is 85.1 Å². The second kappa shape index (κ2) is 29.0. The number of quaternary nitrogens is 1. The Morgan fingerprint density at radius 3 is 1.76 bits per heavy atom. The van der Waals surface area contributed by atoms with Crippen molar-refractivity contribution in [1.29, 1.82) is 0 Å². The van der Waals surface area contributed by atoms with Crippen LogP contribution in [0.2, 0.25) is 0 Å². The average Bonchev–Trinajstić information content (AvgIpc) is 3.02. The molecule has 1 fully saturated rings. The van der Waals surface area contributed by atoms with Gasteiger partial charge in [0.2, 0.25) is 0 Å². The normalized spacial score (nSPS) is 23.8. The number of aliphatic hydroxyl groups excluding tert-OH is 1. The van der Waals surface area contributed by atoms with E-state index in [1.54, 1.807) is 0 Å². The molecule has 1 saturated heterocycles. The highest BCUT2D eigenvalue weighted by molar-refractivity contribution is 9.10. The number of halogens is 1. The van der Waals surface area contributed by atoms with Crippen molar-refractivity contribution in [2.45, 2.75) is 179 Å². The standard InChI is InChI=1S/C38H76BrNO5P/c1-4-6-8-10-12-14-16-17-18-20-22-24-26-36(42)32-40(29-30-41)28-27-38(39)46(3,43)34-37(33-40)45-35-44-31-25-23-21-19-15-13-11-9-7-5-2/h37-38,41H,4-35H2,1-3H3/q+1. The molecule has 46 heavy (non-hydrogen) atoms. The first-order valence-electron chi connectivity index (χ1n) is 19.7. The van der Waals surface area contributed by atoms with Crippen LogP contribution in [0.1, 0.15) is 168 Å². The highest BCUT2D eigenvalue weighted by atomic mass is 79.9. The summed E-state index contributed by atoms with van der Waals surface area (Å²) < 4.78 is 26.0. The lowest BCUT2D eigenvalue weighted by Gasteiger charge is -2.43. The van der Waals surface area contributed by atoms with E-state index in [0.717, 1.165) is 32.2 Å². The number of ether oxygens (including phenoxy) is 2. The minimum Gasteiger partial charge on any atom is -0.391 e. The van der Waals surface area contributed by atoms with Gasteiger partial charge in [0.05, 0.1) is 17.7 Å². The highest BCUT2D eigenvalue weighted by Crippen LogP contribution is 2.53. The molecule has 0 amide bonds. The molecule has 1 heterocycles. The molecule has 6 nitrogen and oxygen atoms in total. The van der Waals surface area contributed by atoms with Gasteiger partial charge in [-0.15, -0.1) is 0 Å². The quantitative estimate of drug-likeness (QED) is 0.0252. The van der Waals surface area contributed by atoms with E-state index in [4.69, 9.17) is 9.47 Å². The Bertz CT molecular complexity index is 771. The van der Waals surface area contributed by atoms with Crippen LogP contribution in [0.15, 0.2) is 0 Å². The van der Waals surface area contributed by atoms with Gasteiger partial charge in [0, 0.05) is 25.6 Å². The largest absolute Gasteiger partial charge is 0.391 e. The van der Waals surface area contributed by atoms with Crippen LogP contribution in [0.25, 0.3) is 0 Å². The van der Waals surface area contributed by atoms with Crippen molar-refractivity contribution >= 4 is 28.9 Å². The first-order chi connectivity index (χ1) is 22.3. The maximum Gasteiger partial charge on any atom is 0.186 e. The molecule has 0 saturated carbocycles. The van der Waals surface area contributed by atoms with Gasteiger partial charge in [-0.25, -0.2) is 0 Å². The Kier molecular flexibility index (Phi) is 27.9. The van der Waals surface area contributed by atoms with Gasteiger partial charge >= 0.3 is 0 Å². The number of carbonyl (C=O) groups is 1. The lowest BCUT2D eigenvalue weighted by Crippen LogP contribution is -2.59. The fraction of sp³-hybridized carbons (Fsp3) is 0.974. The molecule has 1 rings (SSSR count). The predicted octanol–water partition coefficient (Wildman–Crippen LogP) is 10.9. The van der Waals surface area contributed by atoms with Crippen molar-refractivity contribution in [2.24, 2.45) is 0 Å². The molecular weight excluding hydrogens is 661 g/mol. The van der Waals surface area contributed by atoms with E-state index in [0.29, 0.717) is 43.3 Å². The smallest absolute Gasteiger partial charge is 0.186 e. The Morgan fingerprint density at radius 2 is 1.26 bits per heavy atom. The molecule has 1 N–H and O–H groups in total. The van der Waals surface area contributed by atoms with Gasteiger partial charge in [-0.1, -0.05) is 158 Å².